The summed E-state index contributed by atoms with van der Waals surface area (Å²) in [5.74, 6) is 0.0625. The smallest absolute Gasteiger partial charge is 0.223 e. The van der Waals surface area contributed by atoms with E-state index >= 15 is 0 Å². The molecule has 1 amide bonds. The van der Waals surface area contributed by atoms with Crippen molar-refractivity contribution in [2.24, 2.45) is 5.73 Å². The number of hydrogen-bond donors (Lipinski definition) is 1. The van der Waals surface area contributed by atoms with Crippen LogP contribution in [0.3, 0.4) is 0 Å². The van der Waals surface area contributed by atoms with Gasteiger partial charge in [-0.15, -0.1) is 0 Å². The van der Waals surface area contributed by atoms with Crippen molar-refractivity contribution in [2.75, 3.05) is 13.6 Å². The number of rotatable bonds is 4. The number of carbonyl (C=O) groups excluding carboxylic acids is 1. The standard InChI is InChI=1S/C11H15ClN2O/c1-14(11(15)6-7-13)8-9-2-4-10(12)5-3-9/h2-5H,6-8,13H2,1H3. The van der Waals surface area contributed by atoms with Gasteiger partial charge in [0.2, 0.25) is 5.91 Å². The lowest BCUT2D eigenvalue weighted by Crippen LogP contribution is -2.27. The predicted molar refractivity (Wildman–Crippen MR) is 61.6 cm³/mol. The molecule has 0 atom stereocenters. The number of benzene rings is 1. The van der Waals surface area contributed by atoms with Crippen LogP contribution in [0.25, 0.3) is 0 Å². The second-order valence-electron chi connectivity index (χ2n) is 3.41. The van der Waals surface area contributed by atoms with E-state index in [0.29, 0.717) is 24.5 Å². The van der Waals surface area contributed by atoms with Gasteiger partial charge >= 0.3 is 0 Å². The first kappa shape index (κ1) is 12.0. The van der Waals surface area contributed by atoms with Crippen LogP contribution in [0.4, 0.5) is 0 Å². The summed E-state index contributed by atoms with van der Waals surface area (Å²) in [6, 6.07) is 7.46. The van der Waals surface area contributed by atoms with E-state index in [-0.39, 0.29) is 5.91 Å². The quantitative estimate of drug-likeness (QED) is 0.849. The van der Waals surface area contributed by atoms with E-state index < -0.39 is 0 Å². The average Bonchev–Trinajstić information content (AvgIpc) is 2.22. The molecule has 15 heavy (non-hydrogen) atoms. The van der Waals surface area contributed by atoms with Crippen LogP contribution >= 0.6 is 11.6 Å². The largest absolute Gasteiger partial charge is 0.341 e. The third-order valence-corrected chi connectivity index (χ3v) is 2.37. The molecule has 3 nitrogen and oxygen atoms in total. The SMILES string of the molecule is CN(Cc1ccc(Cl)cc1)C(=O)CCN. The minimum atomic E-state index is 0.0625. The Morgan fingerprint density at radius 3 is 2.53 bits per heavy atom. The van der Waals surface area contributed by atoms with Crippen LogP contribution in [-0.4, -0.2) is 24.4 Å². The number of nitrogens with zero attached hydrogens (tertiary/aromatic N) is 1. The van der Waals surface area contributed by atoms with E-state index in [9.17, 15) is 4.79 Å². The van der Waals surface area contributed by atoms with Gasteiger partial charge in [0.25, 0.3) is 0 Å². The Bertz CT molecular complexity index is 324. The van der Waals surface area contributed by atoms with Crippen molar-refractivity contribution < 1.29 is 4.79 Å². The van der Waals surface area contributed by atoms with Crippen LogP contribution in [0.5, 0.6) is 0 Å². The van der Waals surface area contributed by atoms with Crippen molar-refractivity contribution in [3.8, 4) is 0 Å². The van der Waals surface area contributed by atoms with E-state index in [1.54, 1.807) is 11.9 Å². The third kappa shape index (κ3) is 3.90. The monoisotopic (exact) mass is 226 g/mol. The highest BCUT2D eigenvalue weighted by molar-refractivity contribution is 6.30. The first-order valence-corrected chi connectivity index (χ1v) is 5.19. The fourth-order valence-electron chi connectivity index (χ4n) is 1.27. The van der Waals surface area contributed by atoms with Gasteiger partial charge in [0, 0.05) is 31.6 Å². The average molecular weight is 227 g/mol. The highest BCUT2D eigenvalue weighted by Crippen LogP contribution is 2.11. The molecular weight excluding hydrogens is 212 g/mol. The molecule has 1 aromatic carbocycles. The molecule has 0 aromatic heterocycles. The Hall–Kier alpha value is -1.06. The topological polar surface area (TPSA) is 46.3 Å². The van der Waals surface area contributed by atoms with Gasteiger partial charge in [-0.05, 0) is 17.7 Å². The molecule has 0 aliphatic heterocycles. The number of hydrogen-bond acceptors (Lipinski definition) is 2. The third-order valence-electron chi connectivity index (χ3n) is 2.12. The highest BCUT2D eigenvalue weighted by Gasteiger charge is 2.07. The van der Waals surface area contributed by atoms with Crippen LogP contribution in [0.1, 0.15) is 12.0 Å². The Balaban J connectivity index is 2.54. The van der Waals surface area contributed by atoms with Crippen molar-refractivity contribution >= 4 is 17.5 Å². The number of nitrogens with two attached hydrogens (primary N) is 1. The van der Waals surface area contributed by atoms with Crippen molar-refractivity contribution in [3.63, 3.8) is 0 Å². The first-order valence-electron chi connectivity index (χ1n) is 4.82. The van der Waals surface area contributed by atoms with E-state index in [1.165, 1.54) is 0 Å². The Morgan fingerprint density at radius 1 is 1.40 bits per heavy atom. The van der Waals surface area contributed by atoms with E-state index in [4.69, 9.17) is 17.3 Å². The number of halogens is 1. The van der Waals surface area contributed by atoms with E-state index in [2.05, 4.69) is 0 Å². The van der Waals surface area contributed by atoms with Crippen LogP contribution in [0.15, 0.2) is 24.3 Å². The minimum absolute atomic E-state index is 0.0625. The molecule has 0 fully saturated rings. The summed E-state index contributed by atoms with van der Waals surface area (Å²) in [5, 5.41) is 0.703. The van der Waals surface area contributed by atoms with Crippen LogP contribution in [-0.2, 0) is 11.3 Å². The number of carbonyl (C=O) groups is 1. The molecule has 0 unspecified atom stereocenters. The Morgan fingerprint density at radius 2 is 2.00 bits per heavy atom. The lowest BCUT2D eigenvalue weighted by atomic mass is 10.2. The lowest BCUT2D eigenvalue weighted by Gasteiger charge is -2.16. The van der Waals surface area contributed by atoms with E-state index in [0.717, 1.165) is 5.56 Å². The molecule has 82 valence electrons. The summed E-state index contributed by atoms with van der Waals surface area (Å²) >= 11 is 5.76. The lowest BCUT2D eigenvalue weighted by molar-refractivity contribution is -0.130. The summed E-state index contributed by atoms with van der Waals surface area (Å²) in [4.78, 5) is 13.1. The van der Waals surface area contributed by atoms with E-state index in [1.807, 2.05) is 24.3 Å². The maximum absolute atomic E-state index is 11.4. The molecule has 1 rings (SSSR count). The summed E-state index contributed by atoms with van der Waals surface area (Å²) in [5.41, 5.74) is 6.38. The molecule has 0 bridgehead atoms. The summed E-state index contributed by atoms with van der Waals surface area (Å²) < 4.78 is 0. The minimum Gasteiger partial charge on any atom is -0.341 e. The fraction of sp³-hybridized carbons (Fsp3) is 0.364. The van der Waals surface area contributed by atoms with Gasteiger partial charge in [-0.1, -0.05) is 23.7 Å². The maximum atomic E-state index is 11.4. The van der Waals surface area contributed by atoms with Gasteiger partial charge < -0.3 is 10.6 Å². The van der Waals surface area contributed by atoms with Gasteiger partial charge in [0.15, 0.2) is 0 Å². The first-order chi connectivity index (χ1) is 7.13. The summed E-state index contributed by atoms with van der Waals surface area (Å²) in [6.45, 7) is 0.986. The Kier molecular flexibility index (Phi) is 4.59. The molecule has 0 aliphatic rings. The summed E-state index contributed by atoms with van der Waals surface area (Å²) in [6.07, 6.45) is 0.393. The zero-order valence-electron chi connectivity index (χ0n) is 8.74. The molecule has 1 aromatic rings. The molecule has 4 heteroatoms. The predicted octanol–water partition coefficient (Wildman–Crippen LogP) is 1.65. The molecular formula is C11H15ClN2O. The van der Waals surface area contributed by atoms with Crippen LogP contribution in [0, 0.1) is 0 Å². The van der Waals surface area contributed by atoms with Crippen LogP contribution in [0.2, 0.25) is 5.02 Å². The fourth-order valence-corrected chi connectivity index (χ4v) is 1.39. The van der Waals surface area contributed by atoms with Gasteiger partial charge in [0.05, 0.1) is 0 Å². The highest BCUT2D eigenvalue weighted by atomic mass is 35.5. The number of amides is 1. The summed E-state index contributed by atoms with van der Waals surface area (Å²) in [7, 11) is 1.77. The zero-order chi connectivity index (χ0) is 11.3. The molecule has 0 heterocycles. The molecule has 0 aliphatic carbocycles. The van der Waals surface area contributed by atoms with Crippen LogP contribution < -0.4 is 5.73 Å². The second kappa shape index (κ2) is 5.73. The molecule has 2 N–H and O–H groups in total. The Labute approximate surface area is 94.8 Å². The van der Waals surface area contributed by atoms with Gasteiger partial charge in [0.1, 0.15) is 0 Å². The van der Waals surface area contributed by atoms with Crippen molar-refractivity contribution in [1.29, 1.82) is 0 Å². The molecule has 0 saturated heterocycles. The molecule has 0 saturated carbocycles. The van der Waals surface area contributed by atoms with Gasteiger partial charge in [-0.2, -0.15) is 0 Å². The normalized spacial score (nSPS) is 10.1. The molecule has 0 spiro atoms. The second-order valence-corrected chi connectivity index (χ2v) is 3.85. The van der Waals surface area contributed by atoms with Crippen molar-refractivity contribution in [3.05, 3.63) is 34.9 Å². The van der Waals surface area contributed by atoms with Gasteiger partial charge in [-0.25, -0.2) is 0 Å². The van der Waals surface area contributed by atoms with Gasteiger partial charge in [-0.3, -0.25) is 4.79 Å². The van der Waals surface area contributed by atoms with Crippen molar-refractivity contribution in [1.82, 2.24) is 4.90 Å². The zero-order valence-corrected chi connectivity index (χ0v) is 9.50. The molecule has 0 radical (unpaired) electrons. The maximum Gasteiger partial charge on any atom is 0.223 e. The van der Waals surface area contributed by atoms with Crippen molar-refractivity contribution in [2.45, 2.75) is 13.0 Å².